The minimum Gasteiger partial charge on any atom is -0.374 e. The number of nitrogen functional groups attached to an aromatic ring is 1. The second-order valence-corrected chi connectivity index (χ2v) is 7.77. The molecule has 0 aliphatic rings. The second kappa shape index (κ2) is 5.11. The summed E-state index contributed by atoms with van der Waals surface area (Å²) in [4.78, 5) is 0. The standard InChI is InChI=1S/C8H6Br2N4O2S2/c9-4-1-2-6(5(10)3-4)14-18(15,16)8-13-12-7(11)17-8/h1-3,14H,(H2,11,12). The summed E-state index contributed by atoms with van der Waals surface area (Å²) in [6, 6.07) is 5.07. The summed E-state index contributed by atoms with van der Waals surface area (Å²) >= 11 is 7.35. The monoisotopic (exact) mass is 412 g/mol. The number of anilines is 2. The minimum absolute atomic E-state index is 0.102. The van der Waals surface area contributed by atoms with Gasteiger partial charge in [-0.25, -0.2) is 0 Å². The zero-order valence-corrected chi connectivity index (χ0v) is 13.4. The van der Waals surface area contributed by atoms with Crippen molar-refractivity contribution < 1.29 is 8.42 Å². The number of halogens is 2. The van der Waals surface area contributed by atoms with Gasteiger partial charge in [0.2, 0.25) is 5.13 Å². The van der Waals surface area contributed by atoms with Gasteiger partial charge >= 0.3 is 0 Å². The van der Waals surface area contributed by atoms with Crippen LogP contribution in [0.5, 0.6) is 0 Å². The summed E-state index contributed by atoms with van der Waals surface area (Å²) in [5.41, 5.74) is 5.76. The van der Waals surface area contributed by atoms with Crippen molar-refractivity contribution in [2.75, 3.05) is 10.5 Å². The van der Waals surface area contributed by atoms with Crippen molar-refractivity contribution in [3.8, 4) is 0 Å². The molecule has 0 aliphatic carbocycles. The molecule has 0 bridgehead atoms. The van der Waals surface area contributed by atoms with Gasteiger partial charge in [-0.05, 0) is 34.1 Å². The first-order chi connectivity index (χ1) is 8.38. The largest absolute Gasteiger partial charge is 0.374 e. The van der Waals surface area contributed by atoms with E-state index in [9.17, 15) is 8.42 Å². The van der Waals surface area contributed by atoms with Crippen LogP contribution in [0.25, 0.3) is 0 Å². The van der Waals surface area contributed by atoms with E-state index >= 15 is 0 Å². The molecule has 0 aliphatic heterocycles. The third-order valence-corrected chi connectivity index (χ3v) is 5.46. The molecule has 3 N–H and O–H groups in total. The highest BCUT2D eigenvalue weighted by Crippen LogP contribution is 2.28. The minimum atomic E-state index is -3.76. The van der Waals surface area contributed by atoms with Crippen molar-refractivity contribution in [2.45, 2.75) is 4.34 Å². The van der Waals surface area contributed by atoms with E-state index in [2.05, 4.69) is 46.8 Å². The average molecular weight is 414 g/mol. The van der Waals surface area contributed by atoms with E-state index < -0.39 is 10.0 Å². The van der Waals surface area contributed by atoms with Crippen LogP contribution >= 0.6 is 43.2 Å². The molecule has 0 saturated carbocycles. The lowest BCUT2D eigenvalue weighted by Crippen LogP contribution is -2.13. The lowest BCUT2D eigenvalue weighted by Gasteiger charge is -2.07. The van der Waals surface area contributed by atoms with Gasteiger partial charge in [-0.3, -0.25) is 4.72 Å². The van der Waals surface area contributed by atoms with Crippen LogP contribution in [0.1, 0.15) is 0 Å². The highest BCUT2D eigenvalue weighted by molar-refractivity contribution is 9.11. The molecule has 0 saturated heterocycles. The van der Waals surface area contributed by atoms with Crippen LogP contribution in [-0.2, 0) is 10.0 Å². The van der Waals surface area contributed by atoms with Crippen molar-refractivity contribution in [3.05, 3.63) is 27.1 Å². The van der Waals surface area contributed by atoms with Crippen molar-refractivity contribution in [3.63, 3.8) is 0 Å². The maximum absolute atomic E-state index is 12.0. The van der Waals surface area contributed by atoms with Crippen LogP contribution < -0.4 is 10.5 Å². The van der Waals surface area contributed by atoms with Crippen molar-refractivity contribution in [1.29, 1.82) is 0 Å². The Kier molecular flexibility index (Phi) is 3.90. The van der Waals surface area contributed by atoms with Crippen LogP contribution in [0.4, 0.5) is 10.8 Å². The number of nitrogens with two attached hydrogens (primary N) is 1. The normalized spacial score (nSPS) is 11.4. The Morgan fingerprint density at radius 3 is 2.56 bits per heavy atom. The first-order valence-electron chi connectivity index (χ1n) is 4.45. The van der Waals surface area contributed by atoms with E-state index in [1.165, 1.54) is 0 Å². The predicted octanol–water partition coefficient (Wildman–Crippen LogP) is 2.45. The van der Waals surface area contributed by atoms with Gasteiger partial charge < -0.3 is 5.73 Å². The Morgan fingerprint density at radius 2 is 2.00 bits per heavy atom. The summed E-state index contributed by atoms with van der Waals surface area (Å²) in [7, 11) is -3.76. The molecule has 0 atom stereocenters. The summed E-state index contributed by atoms with van der Waals surface area (Å²) in [6.45, 7) is 0. The smallest absolute Gasteiger partial charge is 0.291 e. The number of rotatable bonds is 3. The van der Waals surface area contributed by atoms with Crippen LogP contribution in [-0.4, -0.2) is 18.6 Å². The maximum Gasteiger partial charge on any atom is 0.291 e. The molecule has 0 spiro atoms. The average Bonchev–Trinajstić information content (AvgIpc) is 2.70. The van der Waals surface area contributed by atoms with Crippen molar-refractivity contribution in [2.24, 2.45) is 0 Å². The molecule has 0 radical (unpaired) electrons. The Labute approximate surface area is 124 Å². The molecule has 6 nitrogen and oxygen atoms in total. The van der Waals surface area contributed by atoms with Gasteiger partial charge in [0.15, 0.2) is 0 Å². The quantitative estimate of drug-likeness (QED) is 0.805. The zero-order chi connectivity index (χ0) is 13.3. The Hall–Kier alpha value is -0.710. The summed E-state index contributed by atoms with van der Waals surface area (Å²) in [6.07, 6.45) is 0. The third kappa shape index (κ3) is 2.99. The molecule has 1 aromatic heterocycles. The summed E-state index contributed by atoms with van der Waals surface area (Å²) < 4.78 is 27.6. The molecule has 0 fully saturated rings. The number of sulfonamides is 1. The van der Waals surface area contributed by atoms with E-state index in [4.69, 9.17) is 5.73 Å². The fraction of sp³-hybridized carbons (Fsp3) is 0. The third-order valence-electron chi connectivity index (χ3n) is 1.83. The van der Waals surface area contributed by atoms with Gasteiger partial charge in [-0.2, -0.15) is 8.42 Å². The molecule has 1 heterocycles. The molecule has 1 aromatic carbocycles. The van der Waals surface area contributed by atoms with Gasteiger partial charge in [0.25, 0.3) is 14.4 Å². The number of nitrogens with one attached hydrogen (secondary N) is 1. The fourth-order valence-corrected chi connectivity index (χ4v) is 4.23. The molecule has 96 valence electrons. The molecular weight excluding hydrogens is 408 g/mol. The molecule has 18 heavy (non-hydrogen) atoms. The summed E-state index contributed by atoms with van der Waals surface area (Å²) in [5, 5.41) is 7.07. The number of nitrogens with zero attached hydrogens (tertiary/aromatic N) is 2. The lowest BCUT2D eigenvalue weighted by molar-refractivity contribution is 0.599. The van der Waals surface area contributed by atoms with E-state index in [1.807, 2.05) is 0 Å². The molecule has 2 rings (SSSR count). The van der Waals surface area contributed by atoms with Crippen molar-refractivity contribution >= 4 is 64.0 Å². The van der Waals surface area contributed by atoms with E-state index in [0.717, 1.165) is 15.8 Å². The maximum atomic E-state index is 12.0. The van der Waals surface area contributed by atoms with Crippen LogP contribution in [0, 0.1) is 0 Å². The first kappa shape index (κ1) is 13.7. The fourth-order valence-electron chi connectivity index (χ4n) is 1.09. The highest BCUT2D eigenvalue weighted by atomic mass is 79.9. The topological polar surface area (TPSA) is 98.0 Å². The SMILES string of the molecule is Nc1nnc(S(=O)(=O)Nc2ccc(Br)cc2Br)s1. The Balaban J connectivity index is 2.33. The van der Waals surface area contributed by atoms with Gasteiger partial charge in [0, 0.05) is 8.95 Å². The van der Waals surface area contributed by atoms with Gasteiger partial charge in [0.1, 0.15) is 0 Å². The van der Waals surface area contributed by atoms with Crippen LogP contribution in [0.3, 0.4) is 0 Å². The zero-order valence-electron chi connectivity index (χ0n) is 8.59. The van der Waals surface area contributed by atoms with Gasteiger partial charge in [-0.1, -0.05) is 27.3 Å². The Bertz CT molecular complexity index is 686. The summed E-state index contributed by atoms with van der Waals surface area (Å²) in [5.74, 6) is 0. The van der Waals surface area contributed by atoms with Gasteiger partial charge in [0.05, 0.1) is 5.69 Å². The number of hydrogen-bond acceptors (Lipinski definition) is 6. The molecule has 0 amide bonds. The molecule has 10 heteroatoms. The Morgan fingerprint density at radius 1 is 1.28 bits per heavy atom. The first-order valence-corrected chi connectivity index (χ1v) is 8.34. The van der Waals surface area contributed by atoms with E-state index in [1.54, 1.807) is 18.2 Å². The molecule has 0 unspecified atom stereocenters. The van der Waals surface area contributed by atoms with Crippen molar-refractivity contribution in [1.82, 2.24) is 10.2 Å². The molecular formula is C8H6Br2N4O2S2. The lowest BCUT2D eigenvalue weighted by atomic mass is 10.3. The van der Waals surface area contributed by atoms with E-state index in [-0.39, 0.29) is 9.47 Å². The van der Waals surface area contributed by atoms with Gasteiger partial charge in [-0.15, -0.1) is 10.2 Å². The number of hydrogen-bond donors (Lipinski definition) is 2. The van der Waals surface area contributed by atoms with E-state index in [0.29, 0.717) is 10.2 Å². The van der Waals surface area contributed by atoms with Crippen LogP contribution in [0.15, 0.2) is 31.5 Å². The molecule has 2 aromatic rings. The highest BCUT2D eigenvalue weighted by Gasteiger charge is 2.20. The number of benzene rings is 1. The number of aromatic nitrogens is 2. The van der Waals surface area contributed by atoms with Crippen LogP contribution in [0.2, 0.25) is 0 Å². The second-order valence-electron chi connectivity index (χ2n) is 3.14. The predicted molar refractivity (Wildman–Crippen MR) is 77.0 cm³/mol.